The summed E-state index contributed by atoms with van der Waals surface area (Å²) in [7, 11) is 0. The molecule has 1 N–H and O–H groups in total. The fourth-order valence-corrected chi connectivity index (χ4v) is 1.14. The Hall–Kier alpha value is -1.61. The number of carbonyl (C=O) groups is 1. The predicted molar refractivity (Wildman–Crippen MR) is 70.8 cm³/mol. The van der Waals surface area contributed by atoms with Gasteiger partial charge in [0.15, 0.2) is 0 Å². The molecule has 0 aromatic carbocycles. The highest BCUT2D eigenvalue weighted by Gasteiger charge is 2.14. The fraction of sp³-hybridized carbons (Fsp3) is 0.417. The van der Waals surface area contributed by atoms with Crippen LogP contribution in [0.1, 0.15) is 26.6 Å². The summed E-state index contributed by atoms with van der Waals surface area (Å²) in [6.07, 6.45) is 2.73. The Balaban J connectivity index is 2.38. The number of carbonyl (C=O) groups excluding carboxylic acids is 1. The maximum Gasteiger partial charge on any atom is 0.408 e. The summed E-state index contributed by atoms with van der Waals surface area (Å²) in [6.45, 7) is 5.59. The second kappa shape index (κ2) is 6.36. The molecule has 96 valence electrons. The molecule has 0 aliphatic carbocycles. The van der Waals surface area contributed by atoms with Gasteiger partial charge in [-0.3, -0.25) is 0 Å². The first-order chi connectivity index (χ1) is 8.37. The third-order valence-corrected chi connectivity index (χ3v) is 1.95. The Morgan fingerprint density at radius 2 is 2.06 bits per heavy atom. The number of nitrogens with zero attached hydrogens (tertiary/aromatic N) is 2. The third-order valence-electron chi connectivity index (χ3n) is 1.54. The van der Waals surface area contributed by atoms with E-state index in [2.05, 4.69) is 43.1 Å². The van der Waals surface area contributed by atoms with Crippen LogP contribution in [0, 0.1) is 11.8 Å². The number of aromatic nitrogens is 2. The molecule has 0 bridgehead atoms. The van der Waals surface area contributed by atoms with Gasteiger partial charge >= 0.3 is 6.09 Å². The lowest BCUT2D eigenvalue weighted by Gasteiger charge is -2.18. The van der Waals surface area contributed by atoms with Gasteiger partial charge in [0.2, 0.25) is 5.82 Å². The lowest BCUT2D eigenvalue weighted by molar-refractivity contribution is 0.0535. The second-order valence-electron chi connectivity index (χ2n) is 4.38. The van der Waals surface area contributed by atoms with Gasteiger partial charge in [0.1, 0.15) is 5.60 Å². The molecule has 1 rings (SSSR count). The van der Waals surface area contributed by atoms with E-state index in [0.29, 0.717) is 5.82 Å². The Morgan fingerprint density at radius 3 is 2.61 bits per heavy atom. The van der Waals surface area contributed by atoms with Crippen molar-refractivity contribution in [2.75, 3.05) is 6.54 Å². The molecule has 0 unspecified atom stereocenters. The molecular formula is C12H14BrN3O2. The third kappa shape index (κ3) is 6.21. The highest BCUT2D eigenvalue weighted by atomic mass is 79.9. The van der Waals surface area contributed by atoms with E-state index in [1.807, 2.05) is 0 Å². The van der Waals surface area contributed by atoms with Gasteiger partial charge in [0.05, 0.1) is 11.0 Å². The van der Waals surface area contributed by atoms with Crippen LogP contribution in [-0.4, -0.2) is 28.2 Å². The van der Waals surface area contributed by atoms with Gasteiger partial charge in [-0.25, -0.2) is 14.8 Å². The number of rotatable bonds is 1. The van der Waals surface area contributed by atoms with Crippen LogP contribution in [-0.2, 0) is 4.74 Å². The lowest BCUT2D eigenvalue weighted by atomic mass is 10.2. The molecule has 1 amide bonds. The molecule has 0 fully saturated rings. The van der Waals surface area contributed by atoms with Gasteiger partial charge in [-0.2, -0.15) is 0 Å². The number of amides is 1. The fourth-order valence-electron chi connectivity index (χ4n) is 0.931. The van der Waals surface area contributed by atoms with Crippen molar-refractivity contribution in [2.45, 2.75) is 26.4 Å². The minimum Gasteiger partial charge on any atom is -0.444 e. The molecule has 0 spiro atoms. The first-order valence-electron chi connectivity index (χ1n) is 5.30. The van der Waals surface area contributed by atoms with Crippen molar-refractivity contribution in [2.24, 2.45) is 0 Å². The molecule has 6 heteroatoms. The zero-order valence-corrected chi connectivity index (χ0v) is 12.0. The van der Waals surface area contributed by atoms with Crippen LogP contribution in [0.2, 0.25) is 0 Å². The highest BCUT2D eigenvalue weighted by Crippen LogP contribution is 2.06. The summed E-state index contributed by atoms with van der Waals surface area (Å²) in [5.74, 6) is 5.87. The molecule has 0 aliphatic rings. The Morgan fingerprint density at radius 1 is 1.44 bits per heavy atom. The highest BCUT2D eigenvalue weighted by molar-refractivity contribution is 9.10. The zero-order chi connectivity index (χ0) is 13.6. The quantitative estimate of drug-likeness (QED) is 0.807. The van der Waals surface area contributed by atoms with Gasteiger partial charge in [0.25, 0.3) is 0 Å². The summed E-state index contributed by atoms with van der Waals surface area (Å²) in [4.78, 5) is 19.2. The molecule has 1 aromatic rings. The van der Waals surface area contributed by atoms with Crippen LogP contribution in [0.15, 0.2) is 16.9 Å². The van der Waals surface area contributed by atoms with E-state index >= 15 is 0 Å². The Bertz CT molecular complexity index is 469. The average Bonchev–Trinajstić information content (AvgIpc) is 2.24. The van der Waals surface area contributed by atoms with Gasteiger partial charge in [-0.05, 0) is 42.6 Å². The lowest BCUT2D eigenvalue weighted by Crippen LogP contribution is -2.32. The smallest absolute Gasteiger partial charge is 0.408 e. The van der Waals surface area contributed by atoms with E-state index in [1.165, 1.54) is 0 Å². The number of ether oxygens (including phenoxy) is 1. The average molecular weight is 312 g/mol. The molecule has 0 aliphatic heterocycles. The SMILES string of the molecule is CC(C)(C)OC(=O)NCC#Cc1ncc(Br)cn1. The van der Waals surface area contributed by atoms with Crippen LogP contribution >= 0.6 is 15.9 Å². The van der Waals surface area contributed by atoms with Crippen molar-refractivity contribution in [1.82, 2.24) is 15.3 Å². The van der Waals surface area contributed by atoms with Gasteiger partial charge in [-0.1, -0.05) is 5.92 Å². The first-order valence-corrected chi connectivity index (χ1v) is 6.09. The number of nitrogens with one attached hydrogen (secondary N) is 1. The molecule has 5 nitrogen and oxygen atoms in total. The van der Waals surface area contributed by atoms with Gasteiger partial charge in [-0.15, -0.1) is 0 Å². The molecule has 1 heterocycles. The number of halogens is 1. The van der Waals surface area contributed by atoms with Gasteiger partial charge in [0, 0.05) is 12.4 Å². The first kappa shape index (κ1) is 14.5. The minimum atomic E-state index is -0.508. The molecule has 1 aromatic heterocycles. The summed E-state index contributed by atoms with van der Waals surface area (Å²) in [6, 6.07) is 0. The molecule has 0 atom stereocenters. The Labute approximate surface area is 114 Å². The van der Waals surface area contributed by atoms with E-state index in [9.17, 15) is 4.79 Å². The van der Waals surface area contributed by atoms with E-state index in [4.69, 9.17) is 4.74 Å². The van der Waals surface area contributed by atoms with Crippen molar-refractivity contribution >= 4 is 22.0 Å². The van der Waals surface area contributed by atoms with E-state index in [-0.39, 0.29) is 6.54 Å². The van der Waals surface area contributed by atoms with E-state index in [0.717, 1.165) is 4.47 Å². The van der Waals surface area contributed by atoms with Crippen LogP contribution in [0.4, 0.5) is 4.79 Å². The van der Waals surface area contributed by atoms with Crippen molar-refractivity contribution in [3.63, 3.8) is 0 Å². The van der Waals surface area contributed by atoms with Crippen molar-refractivity contribution in [1.29, 1.82) is 0 Å². The number of alkyl carbamates (subject to hydrolysis) is 1. The largest absolute Gasteiger partial charge is 0.444 e. The molecule has 0 saturated heterocycles. The monoisotopic (exact) mass is 311 g/mol. The van der Waals surface area contributed by atoms with Crippen LogP contribution in [0.25, 0.3) is 0 Å². The second-order valence-corrected chi connectivity index (χ2v) is 5.30. The Kier molecular flexibility index (Phi) is 5.10. The molecule has 0 saturated carbocycles. The normalized spacial score (nSPS) is 10.2. The van der Waals surface area contributed by atoms with Crippen LogP contribution < -0.4 is 5.32 Å². The standard InChI is InChI=1S/C12H14BrN3O2/c1-12(2,3)18-11(17)14-6-4-5-10-15-7-9(13)8-16-10/h7-8H,6H2,1-3H3,(H,14,17). The summed E-state index contributed by atoms with van der Waals surface area (Å²) in [5, 5.41) is 2.52. The topological polar surface area (TPSA) is 64.1 Å². The van der Waals surface area contributed by atoms with Crippen molar-refractivity contribution in [3.8, 4) is 11.8 Å². The van der Waals surface area contributed by atoms with Crippen molar-refractivity contribution in [3.05, 3.63) is 22.7 Å². The molecule has 18 heavy (non-hydrogen) atoms. The predicted octanol–water partition coefficient (Wildman–Crippen LogP) is 2.12. The van der Waals surface area contributed by atoms with E-state index < -0.39 is 11.7 Å². The summed E-state index contributed by atoms with van der Waals surface area (Å²) < 4.78 is 5.84. The maximum absolute atomic E-state index is 11.3. The minimum absolute atomic E-state index is 0.189. The van der Waals surface area contributed by atoms with E-state index in [1.54, 1.807) is 33.2 Å². The maximum atomic E-state index is 11.3. The number of hydrogen-bond donors (Lipinski definition) is 1. The van der Waals surface area contributed by atoms with Crippen molar-refractivity contribution < 1.29 is 9.53 Å². The summed E-state index contributed by atoms with van der Waals surface area (Å²) >= 11 is 3.23. The molecule has 0 radical (unpaired) electrons. The number of hydrogen-bond acceptors (Lipinski definition) is 4. The van der Waals surface area contributed by atoms with Crippen LogP contribution in [0.5, 0.6) is 0 Å². The van der Waals surface area contributed by atoms with Gasteiger partial charge < -0.3 is 10.1 Å². The van der Waals surface area contributed by atoms with Crippen LogP contribution in [0.3, 0.4) is 0 Å². The zero-order valence-electron chi connectivity index (χ0n) is 10.5. The summed E-state index contributed by atoms with van der Waals surface area (Å²) in [5.41, 5.74) is -0.508. The molecular weight excluding hydrogens is 298 g/mol.